The summed E-state index contributed by atoms with van der Waals surface area (Å²) in [5.41, 5.74) is -0.670. The molecule has 0 heterocycles. The van der Waals surface area contributed by atoms with Crippen LogP contribution in [0.2, 0.25) is 0 Å². The largest absolute Gasteiger partial charge is 0.467 e. The molecular weight excluding hydrogens is 366 g/mol. The Morgan fingerprint density at radius 1 is 1.11 bits per heavy atom. The SMILES string of the molecule is COC(=O)[C@H](Cc1ccccc1C(F)(F)F)NC(=O)Cc1cccc(F)c1. The van der Waals surface area contributed by atoms with Crippen LogP contribution in [0.15, 0.2) is 48.5 Å². The van der Waals surface area contributed by atoms with Crippen LogP contribution in [0.25, 0.3) is 0 Å². The molecule has 8 heteroatoms. The van der Waals surface area contributed by atoms with Gasteiger partial charge < -0.3 is 10.1 Å². The normalized spacial score (nSPS) is 12.3. The van der Waals surface area contributed by atoms with Gasteiger partial charge in [-0.3, -0.25) is 4.79 Å². The second-order valence-corrected chi connectivity index (χ2v) is 5.81. The van der Waals surface area contributed by atoms with Gasteiger partial charge in [0.1, 0.15) is 11.9 Å². The van der Waals surface area contributed by atoms with Gasteiger partial charge in [0, 0.05) is 6.42 Å². The third-order valence-electron chi connectivity index (χ3n) is 3.82. The first-order valence-corrected chi connectivity index (χ1v) is 7.97. The van der Waals surface area contributed by atoms with Crippen LogP contribution >= 0.6 is 0 Å². The number of methoxy groups -OCH3 is 1. The third kappa shape index (κ3) is 5.80. The van der Waals surface area contributed by atoms with Gasteiger partial charge in [0.15, 0.2) is 0 Å². The van der Waals surface area contributed by atoms with E-state index >= 15 is 0 Å². The lowest BCUT2D eigenvalue weighted by Gasteiger charge is -2.19. The summed E-state index contributed by atoms with van der Waals surface area (Å²) in [4.78, 5) is 24.1. The fraction of sp³-hybridized carbons (Fsp3) is 0.263. The van der Waals surface area contributed by atoms with Crippen LogP contribution in [-0.2, 0) is 33.3 Å². The Hall–Kier alpha value is -2.90. The van der Waals surface area contributed by atoms with E-state index in [9.17, 15) is 27.2 Å². The van der Waals surface area contributed by atoms with Gasteiger partial charge in [0.2, 0.25) is 5.91 Å². The molecule has 0 aliphatic carbocycles. The number of rotatable bonds is 6. The van der Waals surface area contributed by atoms with Crippen molar-refractivity contribution in [2.45, 2.75) is 25.1 Å². The highest BCUT2D eigenvalue weighted by molar-refractivity contribution is 5.85. The number of carbonyl (C=O) groups excluding carboxylic acids is 2. The Kier molecular flexibility index (Phi) is 6.55. The summed E-state index contributed by atoms with van der Waals surface area (Å²) in [6.45, 7) is 0. The molecule has 1 amide bonds. The van der Waals surface area contributed by atoms with Gasteiger partial charge in [0.25, 0.3) is 0 Å². The van der Waals surface area contributed by atoms with Crippen molar-refractivity contribution in [3.8, 4) is 0 Å². The maximum Gasteiger partial charge on any atom is 0.416 e. The summed E-state index contributed by atoms with van der Waals surface area (Å²) in [6, 6.07) is 8.80. The molecule has 0 spiro atoms. The van der Waals surface area contributed by atoms with Crippen molar-refractivity contribution >= 4 is 11.9 Å². The van der Waals surface area contributed by atoms with Gasteiger partial charge in [-0.2, -0.15) is 13.2 Å². The third-order valence-corrected chi connectivity index (χ3v) is 3.82. The lowest BCUT2D eigenvalue weighted by molar-refractivity contribution is -0.145. The van der Waals surface area contributed by atoms with Gasteiger partial charge in [-0.1, -0.05) is 30.3 Å². The number of hydrogen-bond acceptors (Lipinski definition) is 3. The standard InChI is InChI=1S/C19H17F4NO3/c1-27-18(26)16(11-13-6-2-3-8-15(13)19(21,22)23)24-17(25)10-12-5-4-7-14(20)9-12/h2-9,16H,10-11H2,1H3,(H,24,25)/t16-/m0/s1. The molecule has 1 atom stereocenters. The molecule has 0 saturated heterocycles. The van der Waals surface area contributed by atoms with Crippen molar-refractivity contribution in [3.63, 3.8) is 0 Å². The summed E-state index contributed by atoms with van der Waals surface area (Å²) in [6.07, 6.45) is -5.22. The molecule has 144 valence electrons. The average Bonchev–Trinajstić information content (AvgIpc) is 2.60. The Morgan fingerprint density at radius 2 is 1.81 bits per heavy atom. The molecule has 0 saturated carbocycles. The smallest absolute Gasteiger partial charge is 0.416 e. The summed E-state index contributed by atoms with van der Waals surface area (Å²) >= 11 is 0. The maximum atomic E-state index is 13.2. The van der Waals surface area contributed by atoms with E-state index in [0.29, 0.717) is 5.56 Å². The fourth-order valence-electron chi connectivity index (χ4n) is 2.61. The molecule has 2 rings (SSSR count). The summed E-state index contributed by atoms with van der Waals surface area (Å²) in [5.74, 6) is -2.04. The van der Waals surface area contributed by atoms with Crippen LogP contribution in [0.5, 0.6) is 0 Å². The van der Waals surface area contributed by atoms with E-state index in [2.05, 4.69) is 10.1 Å². The summed E-state index contributed by atoms with van der Waals surface area (Å²) < 4.78 is 57.2. The van der Waals surface area contributed by atoms with Crippen LogP contribution in [0.4, 0.5) is 17.6 Å². The number of ether oxygens (including phenoxy) is 1. The molecule has 27 heavy (non-hydrogen) atoms. The average molecular weight is 383 g/mol. The van der Waals surface area contributed by atoms with Crippen LogP contribution in [0, 0.1) is 5.82 Å². The lowest BCUT2D eigenvalue weighted by Crippen LogP contribution is -2.44. The molecule has 0 aromatic heterocycles. The number of benzene rings is 2. The number of carbonyl (C=O) groups is 2. The first-order valence-electron chi connectivity index (χ1n) is 7.97. The van der Waals surface area contributed by atoms with Crippen molar-refractivity contribution in [1.82, 2.24) is 5.32 Å². The predicted molar refractivity (Wildman–Crippen MR) is 89.2 cm³/mol. The highest BCUT2D eigenvalue weighted by atomic mass is 19.4. The van der Waals surface area contributed by atoms with Crippen molar-refractivity contribution in [2.24, 2.45) is 0 Å². The zero-order valence-corrected chi connectivity index (χ0v) is 14.3. The molecule has 0 bridgehead atoms. The summed E-state index contributed by atoms with van der Waals surface area (Å²) in [5, 5.41) is 2.36. The molecule has 4 nitrogen and oxygen atoms in total. The van der Waals surface area contributed by atoms with Crippen LogP contribution in [0.3, 0.4) is 0 Å². The number of amides is 1. The van der Waals surface area contributed by atoms with E-state index < -0.39 is 41.9 Å². The fourth-order valence-corrected chi connectivity index (χ4v) is 2.61. The van der Waals surface area contributed by atoms with Crippen LogP contribution < -0.4 is 5.32 Å². The molecule has 0 aliphatic rings. The van der Waals surface area contributed by atoms with E-state index in [1.165, 1.54) is 36.4 Å². The van der Waals surface area contributed by atoms with E-state index in [0.717, 1.165) is 19.2 Å². The van der Waals surface area contributed by atoms with Crippen molar-refractivity contribution in [3.05, 3.63) is 71.0 Å². The monoisotopic (exact) mass is 383 g/mol. The second kappa shape index (κ2) is 8.66. The van der Waals surface area contributed by atoms with E-state index in [1.807, 2.05) is 0 Å². The van der Waals surface area contributed by atoms with Crippen molar-refractivity contribution in [2.75, 3.05) is 7.11 Å². The zero-order chi connectivity index (χ0) is 20.0. The Labute approximate surface area is 153 Å². The van der Waals surface area contributed by atoms with Crippen molar-refractivity contribution < 1.29 is 31.9 Å². The van der Waals surface area contributed by atoms with Crippen LogP contribution in [0.1, 0.15) is 16.7 Å². The minimum atomic E-state index is -4.59. The maximum absolute atomic E-state index is 13.2. The Balaban J connectivity index is 2.17. The number of alkyl halides is 3. The molecule has 2 aromatic rings. The van der Waals surface area contributed by atoms with Gasteiger partial charge in [0.05, 0.1) is 19.1 Å². The molecule has 2 aromatic carbocycles. The molecule has 1 N–H and O–H groups in total. The molecular formula is C19H17F4NO3. The Morgan fingerprint density at radius 3 is 2.44 bits per heavy atom. The first kappa shape index (κ1) is 20.4. The number of esters is 1. The molecule has 0 unspecified atom stereocenters. The number of halogens is 4. The van der Waals surface area contributed by atoms with Gasteiger partial charge in [-0.15, -0.1) is 0 Å². The first-order chi connectivity index (χ1) is 12.7. The van der Waals surface area contributed by atoms with Gasteiger partial charge in [-0.25, -0.2) is 9.18 Å². The molecule has 0 fully saturated rings. The van der Waals surface area contributed by atoms with Gasteiger partial charge >= 0.3 is 12.1 Å². The second-order valence-electron chi connectivity index (χ2n) is 5.81. The van der Waals surface area contributed by atoms with Crippen molar-refractivity contribution in [1.29, 1.82) is 0 Å². The quantitative estimate of drug-likeness (QED) is 0.615. The molecule has 0 radical (unpaired) electrons. The molecule has 0 aliphatic heterocycles. The summed E-state index contributed by atoms with van der Waals surface area (Å²) in [7, 11) is 1.07. The highest BCUT2D eigenvalue weighted by Gasteiger charge is 2.34. The van der Waals surface area contributed by atoms with Crippen LogP contribution in [-0.4, -0.2) is 25.0 Å². The highest BCUT2D eigenvalue weighted by Crippen LogP contribution is 2.32. The predicted octanol–water partition coefficient (Wildman–Crippen LogP) is 3.29. The topological polar surface area (TPSA) is 55.4 Å². The van der Waals surface area contributed by atoms with E-state index in [1.54, 1.807) is 0 Å². The van der Waals surface area contributed by atoms with E-state index in [-0.39, 0.29) is 12.0 Å². The number of nitrogens with one attached hydrogen (secondary N) is 1. The zero-order valence-electron chi connectivity index (χ0n) is 14.3. The lowest BCUT2D eigenvalue weighted by atomic mass is 9.99. The minimum Gasteiger partial charge on any atom is -0.467 e. The Bertz CT molecular complexity index is 821. The van der Waals surface area contributed by atoms with E-state index in [4.69, 9.17) is 0 Å². The van der Waals surface area contributed by atoms with Gasteiger partial charge in [-0.05, 0) is 29.3 Å². The minimum absolute atomic E-state index is 0.147. The number of hydrogen-bond donors (Lipinski definition) is 1.